The highest BCUT2D eigenvalue weighted by Gasteiger charge is 2.27. The molecule has 1 saturated heterocycles. The van der Waals surface area contributed by atoms with Crippen LogP contribution in [0.15, 0.2) is 0 Å². The van der Waals surface area contributed by atoms with Gasteiger partial charge in [0.05, 0.1) is 5.75 Å². The fourth-order valence-electron chi connectivity index (χ4n) is 1.25. The molecular formula is C7H9ClO4S2. The Labute approximate surface area is 88.0 Å². The molecule has 1 atom stereocenters. The molecule has 4 nitrogen and oxygen atoms in total. The number of hydrogen-bond donors (Lipinski definition) is 0. The highest BCUT2D eigenvalue weighted by atomic mass is 35.7. The van der Waals surface area contributed by atoms with Crippen LogP contribution in [0.25, 0.3) is 0 Å². The summed E-state index contributed by atoms with van der Waals surface area (Å²) in [4.78, 5) is 0. The second kappa shape index (κ2) is 4.09. The van der Waals surface area contributed by atoms with Crippen molar-refractivity contribution in [1.29, 1.82) is 0 Å². The summed E-state index contributed by atoms with van der Waals surface area (Å²) >= 11 is 0. The highest BCUT2D eigenvalue weighted by molar-refractivity contribution is 8.17. The Morgan fingerprint density at radius 1 is 1.29 bits per heavy atom. The number of hydrogen-bond acceptors (Lipinski definition) is 4. The standard InChI is InChI=1S/C7H9ClO4S2/c8-14(11,12)6-4-7-3-1-2-5-13(7,9)10/h7H,1-3,5H2. The van der Waals surface area contributed by atoms with E-state index in [1.54, 1.807) is 5.25 Å². The zero-order valence-corrected chi connectivity index (χ0v) is 9.62. The van der Waals surface area contributed by atoms with Gasteiger partial charge >= 0.3 is 9.05 Å². The van der Waals surface area contributed by atoms with Gasteiger partial charge in [-0.1, -0.05) is 12.3 Å². The molecule has 0 aromatic carbocycles. The van der Waals surface area contributed by atoms with Crippen LogP contribution < -0.4 is 0 Å². The molecule has 0 aliphatic carbocycles. The molecule has 7 heteroatoms. The van der Waals surface area contributed by atoms with E-state index < -0.39 is 24.1 Å². The van der Waals surface area contributed by atoms with Crippen molar-refractivity contribution in [2.45, 2.75) is 24.5 Å². The predicted octanol–water partition coefficient (Wildman–Crippen LogP) is 0.483. The Hall–Kier alpha value is -0.250. The number of halogens is 1. The van der Waals surface area contributed by atoms with E-state index in [0.717, 1.165) is 6.42 Å². The van der Waals surface area contributed by atoms with Gasteiger partial charge < -0.3 is 0 Å². The van der Waals surface area contributed by atoms with Gasteiger partial charge in [-0.15, -0.1) is 0 Å². The van der Waals surface area contributed by atoms with Crippen LogP contribution in [0.1, 0.15) is 19.3 Å². The van der Waals surface area contributed by atoms with E-state index in [9.17, 15) is 16.8 Å². The molecule has 1 unspecified atom stereocenters. The fourth-order valence-corrected chi connectivity index (χ4v) is 3.40. The monoisotopic (exact) mass is 256 g/mol. The fraction of sp³-hybridized carbons (Fsp3) is 0.714. The third kappa shape index (κ3) is 3.48. The van der Waals surface area contributed by atoms with Crippen molar-refractivity contribution >= 4 is 29.6 Å². The van der Waals surface area contributed by atoms with Gasteiger partial charge in [-0.3, -0.25) is 0 Å². The summed E-state index contributed by atoms with van der Waals surface area (Å²) in [7, 11) is -2.32. The molecule has 1 aliphatic rings. The number of sulfone groups is 1. The smallest absolute Gasteiger partial charge is 0.228 e. The normalized spacial score (nSPS) is 26.2. The van der Waals surface area contributed by atoms with Gasteiger partial charge in [-0.25, -0.2) is 8.42 Å². The second-order valence-corrected chi connectivity index (χ2v) is 7.64. The molecule has 1 heterocycles. The first-order valence-electron chi connectivity index (χ1n) is 4.00. The molecule has 1 fully saturated rings. The van der Waals surface area contributed by atoms with E-state index in [-0.39, 0.29) is 5.75 Å². The van der Waals surface area contributed by atoms with Gasteiger partial charge in [0.25, 0.3) is 0 Å². The molecule has 14 heavy (non-hydrogen) atoms. The molecule has 0 aromatic rings. The maximum Gasteiger partial charge on any atom is 0.300 e. The molecule has 0 spiro atoms. The minimum absolute atomic E-state index is 0.0781. The largest absolute Gasteiger partial charge is 0.300 e. The molecule has 1 aliphatic heterocycles. The molecule has 0 radical (unpaired) electrons. The minimum atomic E-state index is -3.93. The van der Waals surface area contributed by atoms with Crippen LogP contribution in [0.5, 0.6) is 0 Å². The van der Waals surface area contributed by atoms with Crippen LogP contribution in [0.4, 0.5) is 0 Å². The molecule has 1 rings (SSSR count). The van der Waals surface area contributed by atoms with E-state index in [1.807, 2.05) is 0 Å². The SMILES string of the molecule is O=S(=O)(Cl)C#CC1CCCCS1(=O)=O. The predicted molar refractivity (Wildman–Crippen MR) is 54.0 cm³/mol. The van der Waals surface area contributed by atoms with Crippen molar-refractivity contribution < 1.29 is 16.8 Å². The van der Waals surface area contributed by atoms with Gasteiger partial charge in [0, 0.05) is 15.9 Å². The van der Waals surface area contributed by atoms with Gasteiger partial charge in [0.2, 0.25) is 0 Å². The minimum Gasteiger partial charge on any atom is -0.228 e. The van der Waals surface area contributed by atoms with Crippen molar-refractivity contribution in [3.8, 4) is 11.2 Å². The summed E-state index contributed by atoms with van der Waals surface area (Å²) < 4.78 is 43.7. The van der Waals surface area contributed by atoms with Gasteiger partial charge in [0.15, 0.2) is 9.84 Å². The first-order valence-corrected chi connectivity index (χ1v) is 8.02. The summed E-state index contributed by atoms with van der Waals surface area (Å²) in [6.45, 7) is 0. The van der Waals surface area contributed by atoms with Gasteiger partial charge in [-0.05, 0) is 12.8 Å². The molecule has 0 aromatic heterocycles. The third-order valence-electron chi connectivity index (χ3n) is 1.92. The molecule has 80 valence electrons. The zero-order valence-electron chi connectivity index (χ0n) is 7.23. The summed E-state index contributed by atoms with van der Waals surface area (Å²) in [5.41, 5.74) is 0. The van der Waals surface area contributed by atoms with E-state index in [0.29, 0.717) is 12.8 Å². The van der Waals surface area contributed by atoms with Gasteiger partial charge in [-0.2, -0.15) is 8.42 Å². The van der Waals surface area contributed by atoms with Crippen LogP contribution in [0, 0.1) is 11.2 Å². The summed E-state index contributed by atoms with van der Waals surface area (Å²) in [5, 5.41) is 0.885. The molecule has 0 N–H and O–H groups in total. The Kier molecular flexibility index (Phi) is 3.45. The molecular weight excluding hydrogens is 248 g/mol. The van der Waals surface area contributed by atoms with Crippen LogP contribution in [0.2, 0.25) is 0 Å². The maximum absolute atomic E-state index is 11.4. The first kappa shape index (κ1) is 11.8. The Balaban J connectivity index is 2.92. The van der Waals surface area contributed by atoms with Crippen molar-refractivity contribution in [1.82, 2.24) is 0 Å². The second-order valence-electron chi connectivity index (χ2n) is 3.04. The van der Waals surface area contributed by atoms with Crippen LogP contribution in [0.3, 0.4) is 0 Å². The zero-order chi connectivity index (χ0) is 10.8. The Morgan fingerprint density at radius 3 is 2.43 bits per heavy atom. The van der Waals surface area contributed by atoms with E-state index in [4.69, 9.17) is 10.7 Å². The molecule has 0 saturated carbocycles. The highest BCUT2D eigenvalue weighted by Crippen LogP contribution is 2.18. The van der Waals surface area contributed by atoms with E-state index in [1.165, 1.54) is 0 Å². The third-order valence-corrected chi connectivity index (χ3v) is 4.59. The topological polar surface area (TPSA) is 68.3 Å². The van der Waals surface area contributed by atoms with Crippen molar-refractivity contribution in [2.75, 3.05) is 5.75 Å². The van der Waals surface area contributed by atoms with Crippen LogP contribution >= 0.6 is 10.7 Å². The van der Waals surface area contributed by atoms with Gasteiger partial charge in [0.1, 0.15) is 5.25 Å². The summed E-state index contributed by atoms with van der Waals surface area (Å²) in [5.74, 6) is 2.27. The lowest BCUT2D eigenvalue weighted by Crippen LogP contribution is -2.27. The van der Waals surface area contributed by atoms with Crippen LogP contribution in [-0.2, 0) is 18.9 Å². The maximum atomic E-state index is 11.4. The molecule has 0 bridgehead atoms. The first-order chi connectivity index (χ1) is 6.31. The molecule has 0 amide bonds. The Morgan fingerprint density at radius 2 is 1.93 bits per heavy atom. The number of rotatable bonds is 0. The quantitative estimate of drug-likeness (QED) is 0.467. The average molecular weight is 257 g/mol. The lowest BCUT2D eigenvalue weighted by molar-refractivity contribution is 0.562. The average Bonchev–Trinajstić information content (AvgIpc) is 2.00. The summed E-state index contributed by atoms with van der Waals surface area (Å²) in [6.07, 6.45) is 1.76. The van der Waals surface area contributed by atoms with Crippen LogP contribution in [-0.4, -0.2) is 27.8 Å². The van der Waals surface area contributed by atoms with E-state index >= 15 is 0 Å². The summed E-state index contributed by atoms with van der Waals surface area (Å²) in [6, 6.07) is 0. The lowest BCUT2D eigenvalue weighted by atomic mass is 10.2. The van der Waals surface area contributed by atoms with E-state index in [2.05, 4.69) is 5.92 Å². The van der Waals surface area contributed by atoms with Crippen molar-refractivity contribution in [2.24, 2.45) is 0 Å². The Bertz CT molecular complexity index is 466. The van der Waals surface area contributed by atoms with Crippen molar-refractivity contribution in [3.05, 3.63) is 0 Å². The lowest BCUT2D eigenvalue weighted by Gasteiger charge is -2.16. The van der Waals surface area contributed by atoms with Crippen molar-refractivity contribution in [3.63, 3.8) is 0 Å².